The summed E-state index contributed by atoms with van der Waals surface area (Å²) in [6, 6.07) is -0.250. The molecule has 4 nitrogen and oxygen atoms in total. The highest BCUT2D eigenvalue weighted by Gasteiger charge is 2.32. The minimum absolute atomic E-state index is 0.250. The van der Waals surface area contributed by atoms with Gasteiger partial charge in [0.15, 0.2) is 0 Å². The Morgan fingerprint density at radius 1 is 1.00 bits per heavy atom. The van der Waals surface area contributed by atoms with Gasteiger partial charge in [-0.2, -0.15) is 0 Å². The SMILES string of the molecule is CCCCCCN[C@H]1C=C[C@@H](O)[C@@H](O)[C@@H]1O. The van der Waals surface area contributed by atoms with Gasteiger partial charge in [-0.05, 0) is 13.0 Å². The van der Waals surface area contributed by atoms with Crippen molar-refractivity contribution >= 4 is 0 Å². The van der Waals surface area contributed by atoms with E-state index in [2.05, 4.69) is 12.2 Å². The number of rotatable bonds is 6. The van der Waals surface area contributed by atoms with Gasteiger partial charge in [-0.3, -0.25) is 0 Å². The van der Waals surface area contributed by atoms with Crippen LogP contribution in [0.15, 0.2) is 12.2 Å². The summed E-state index contributed by atoms with van der Waals surface area (Å²) in [7, 11) is 0. The van der Waals surface area contributed by atoms with Crippen LogP contribution in [-0.2, 0) is 0 Å². The van der Waals surface area contributed by atoms with Gasteiger partial charge in [0.25, 0.3) is 0 Å². The summed E-state index contributed by atoms with van der Waals surface area (Å²) in [5, 5.41) is 31.6. The van der Waals surface area contributed by atoms with Crippen LogP contribution < -0.4 is 5.32 Å². The fraction of sp³-hybridized carbons (Fsp3) is 0.833. The second kappa shape index (κ2) is 7.01. The van der Waals surface area contributed by atoms with Crippen molar-refractivity contribution in [1.29, 1.82) is 0 Å². The average molecular weight is 229 g/mol. The van der Waals surface area contributed by atoms with E-state index < -0.39 is 18.3 Å². The Labute approximate surface area is 97.0 Å². The monoisotopic (exact) mass is 229 g/mol. The standard InChI is InChI=1S/C12H23NO3/c1-2-3-4-5-8-13-9-6-7-10(14)12(16)11(9)15/h6-7,9-16H,2-5,8H2,1H3/t9-,10+,11+,12+/m0/s1. The summed E-state index contributed by atoms with van der Waals surface area (Å²) in [6.45, 7) is 2.99. The highest BCUT2D eigenvalue weighted by Crippen LogP contribution is 2.13. The van der Waals surface area contributed by atoms with Crippen LogP contribution in [0, 0.1) is 0 Å². The molecule has 1 aliphatic carbocycles. The number of hydrogen-bond donors (Lipinski definition) is 4. The molecule has 16 heavy (non-hydrogen) atoms. The van der Waals surface area contributed by atoms with Crippen LogP contribution in [0.4, 0.5) is 0 Å². The van der Waals surface area contributed by atoms with Gasteiger partial charge in [0.1, 0.15) is 18.3 Å². The van der Waals surface area contributed by atoms with Gasteiger partial charge in [-0.15, -0.1) is 0 Å². The van der Waals surface area contributed by atoms with E-state index >= 15 is 0 Å². The summed E-state index contributed by atoms with van der Waals surface area (Å²) in [5.41, 5.74) is 0. The summed E-state index contributed by atoms with van der Waals surface area (Å²) in [5.74, 6) is 0. The Bertz CT molecular complexity index is 220. The molecule has 4 heteroatoms. The van der Waals surface area contributed by atoms with Crippen molar-refractivity contribution in [3.8, 4) is 0 Å². The fourth-order valence-electron chi connectivity index (χ4n) is 1.88. The van der Waals surface area contributed by atoms with Gasteiger partial charge < -0.3 is 20.6 Å². The predicted molar refractivity (Wildman–Crippen MR) is 63.1 cm³/mol. The summed E-state index contributed by atoms with van der Waals surface area (Å²) in [6.07, 6.45) is 4.98. The molecule has 1 aliphatic rings. The minimum atomic E-state index is -1.09. The topological polar surface area (TPSA) is 72.7 Å². The van der Waals surface area contributed by atoms with E-state index in [-0.39, 0.29) is 6.04 Å². The van der Waals surface area contributed by atoms with E-state index in [1.807, 2.05) is 0 Å². The molecule has 1 rings (SSSR count). The van der Waals surface area contributed by atoms with E-state index in [1.165, 1.54) is 25.3 Å². The molecule has 4 atom stereocenters. The Kier molecular flexibility index (Phi) is 5.98. The molecule has 0 saturated carbocycles. The van der Waals surface area contributed by atoms with E-state index in [0.29, 0.717) is 0 Å². The zero-order valence-electron chi connectivity index (χ0n) is 9.84. The second-order valence-corrected chi connectivity index (χ2v) is 4.40. The molecule has 0 saturated heterocycles. The quantitative estimate of drug-likeness (QED) is 0.387. The molecular weight excluding hydrogens is 206 g/mol. The lowest BCUT2D eigenvalue weighted by molar-refractivity contribution is -0.0564. The average Bonchev–Trinajstić information content (AvgIpc) is 2.28. The van der Waals surface area contributed by atoms with Crippen LogP contribution >= 0.6 is 0 Å². The third kappa shape index (κ3) is 3.87. The third-order valence-corrected chi connectivity index (χ3v) is 2.99. The van der Waals surface area contributed by atoms with Crippen LogP contribution in [0.2, 0.25) is 0 Å². The normalized spacial score (nSPS) is 34.2. The predicted octanol–water partition coefficient (Wildman–Crippen LogP) is 0.177. The fourth-order valence-corrected chi connectivity index (χ4v) is 1.88. The van der Waals surface area contributed by atoms with Gasteiger partial charge in [0, 0.05) is 0 Å². The van der Waals surface area contributed by atoms with E-state index in [4.69, 9.17) is 0 Å². The molecule has 0 fully saturated rings. The van der Waals surface area contributed by atoms with Crippen LogP contribution in [0.5, 0.6) is 0 Å². The highest BCUT2D eigenvalue weighted by molar-refractivity contribution is 5.10. The molecule has 0 aromatic rings. The van der Waals surface area contributed by atoms with Gasteiger partial charge >= 0.3 is 0 Å². The molecule has 0 heterocycles. The Balaban J connectivity index is 2.24. The Morgan fingerprint density at radius 3 is 2.44 bits per heavy atom. The molecule has 0 aromatic heterocycles. The number of aliphatic hydroxyl groups is 3. The van der Waals surface area contributed by atoms with E-state index in [1.54, 1.807) is 6.08 Å². The van der Waals surface area contributed by atoms with Gasteiger partial charge in [-0.25, -0.2) is 0 Å². The molecule has 0 aromatic carbocycles. The van der Waals surface area contributed by atoms with Crippen molar-refractivity contribution < 1.29 is 15.3 Å². The lowest BCUT2D eigenvalue weighted by Crippen LogP contribution is -2.52. The number of unbranched alkanes of at least 4 members (excludes halogenated alkanes) is 3. The van der Waals surface area contributed by atoms with Crippen molar-refractivity contribution in [2.24, 2.45) is 0 Å². The minimum Gasteiger partial charge on any atom is -0.388 e. The van der Waals surface area contributed by atoms with Crippen LogP contribution in [0.3, 0.4) is 0 Å². The van der Waals surface area contributed by atoms with Crippen LogP contribution in [0.1, 0.15) is 32.6 Å². The van der Waals surface area contributed by atoms with Gasteiger partial charge in [-0.1, -0.05) is 38.3 Å². The van der Waals surface area contributed by atoms with Crippen LogP contribution in [-0.4, -0.2) is 46.2 Å². The van der Waals surface area contributed by atoms with Gasteiger partial charge in [0.2, 0.25) is 0 Å². The Morgan fingerprint density at radius 2 is 1.75 bits per heavy atom. The molecule has 0 bridgehead atoms. The van der Waals surface area contributed by atoms with Crippen molar-refractivity contribution in [1.82, 2.24) is 5.32 Å². The van der Waals surface area contributed by atoms with Crippen molar-refractivity contribution in [3.63, 3.8) is 0 Å². The van der Waals surface area contributed by atoms with Crippen molar-refractivity contribution in [2.45, 2.75) is 57.0 Å². The lowest BCUT2D eigenvalue weighted by atomic mass is 9.94. The molecule has 0 amide bonds. The largest absolute Gasteiger partial charge is 0.388 e. The Hall–Kier alpha value is -0.420. The summed E-state index contributed by atoms with van der Waals surface area (Å²) >= 11 is 0. The summed E-state index contributed by atoms with van der Waals surface area (Å²) < 4.78 is 0. The van der Waals surface area contributed by atoms with Crippen molar-refractivity contribution in [2.75, 3.05) is 6.54 Å². The molecule has 0 radical (unpaired) electrons. The smallest absolute Gasteiger partial charge is 0.111 e. The first-order chi connectivity index (χ1) is 7.66. The first-order valence-electron chi connectivity index (χ1n) is 6.12. The second-order valence-electron chi connectivity index (χ2n) is 4.40. The first kappa shape index (κ1) is 13.6. The van der Waals surface area contributed by atoms with E-state index in [9.17, 15) is 15.3 Å². The number of hydrogen-bond acceptors (Lipinski definition) is 4. The molecular formula is C12H23NO3. The first-order valence-corrected chi connectivity index (χ1v) is 6.12. The number of aliphatic hydroxyl groups excluding tert-OH is 3. The zero-order chi connectivity index (χ0) is 12.0. The summed E-state index contributed by atoms with van der Waals surface area (Å²) in [4.78, 5) is 0. The maximum Gasteiger partial charge on any atom is 0.111 e. The van der Waals surface area contributed by atoms with Crippen LogP contribution in [0.25, 0.3) is 0 Å². The lowest BCUT2D eigenvalue weighted by Gasteiger charge is -2.31. The third-order valence-electron chi connectivity index (χ3n) is 2.99. The molecule has 0 unspecified atom stereocenters. The maximum absolute atomic E-state index is 9.69. The number of nitrogens with one attached hydrogen (secondary N) is 1. The molecule has 4 N–H and O–H groups in total. The molecule has 94 valence electrons. The van der Waals surface area contributed by atoms with E-state index in [0.717, 1.165) is 13.0 Å². The molecule has 0 aliphatic heterocycles. The van der Waals surface area contributed by atoms with Crippen molar-refractivity contribution in [3.05, 3.63) is 12.2 Å². The maximum atomic E-state index is 9.69. The van der Waals surface area contributed by atoms with Gasteiger partial charge in [0.05, 0.1) is 6.04 Å². The highest BCUT2D eigenvalue weighted by atomic mass is 16.4. The molecule has 0 spiro atoms. The zero-order valence-corrected chi connectivity index (χ0v) is 9.84.